The summed E-state index contributed by atoms with van der Waals surface area (Å²) in [6.07, 6.45) is 0. The average molecular weight is 338 g/mol. The second-order valence-corrected chi connectivity index (χ2v) is 6.44. The fraction of sp³-hybridized carbons (Fsp3) is 0.400. The molecule has 0 amide bonds. The Morgan fingerprint density at radius 1 is 1.00 bits per heavy atom. The third-order valence-electron chi connectivity index (χ3n) is 4.68. The van der Waals surface area contributed by atoms with E-state index in [1.165, 1.54) is 5.56 Å². The summed E-state index contributed by atoms with van der Waals surface area (Å²) in [7, 11) is 0. The van der Waals surface area contributed by atoms with Crippen molar-refractivity contribution in [2.45, 2.75) is 20.0 Å². The summed E-state index contributed by atoms with van der Waals surface area (Å²) in [5.41, 5.74) is 3.95. The zero-order valence-electron chi connectivity index (χ0n) is 14.8. The Labute approximate surface area is 149 Å². The second-order valence-electron chi connectivity index (χ2n) is 6.44. The molecule has 0 unspecified atom stereocenters. The Morgan fingerprint density at radius 2 is 1.76 bits per heavy atom. The fourth-order valence-corrected chi connectivity index (χ4v) is 3.28. The Bertz CT molecular complexity index is 681. The van der Waals surface area contributed by atoms with Crippen LogP contribution in [0.25, 0.3) is 0 Å². The third-order valence-corrected chi connectivity index (χ3v) is 4.68. The number of piperazine rings is 1. The Balaban J connectivity index is 1.61. The van der Waals surface area contributed by atoms with Crippen molar-refractivity contribution in [3.8, 4) is 0 Å². The minimum absolute atomic E-state index is 0.548. The number of hydrogen-bond acceptors (Lipinski definition) is 5. The van der Waals surface area contributed by atoms with E-state index >= 15 is 0 Å². The summed E-state index contributed by atoms with van der Waals surface area (Å²) in [4.78, 5) is 16.0. The fourth-order valence-electron chi connectivity index (χ4n) is 3.28. The van der Waals surface area contributed by atoms with Gasteiger partial charge in [-0.3, -0.25) is 4.90 Å². The summed E-state index contributed by atoms with van der Waals surface area (Å²) in [5.74, 6) is 0. The molecule has 25 heavy (non-hydrogen) atoms. The highest BCUT2D eigenvalue weighted by Gasteiger charge is 2.20. The average Bonchev–Trinajstić information content (AvgIpc) is 2.67. The summed E-state index contributed by atoms with van der Waals surface area (Å²) in [5, 5.41) is 6.55. The standard InChI is InChI=1S/C20H26N4O/c1-2-21-15-18-8-9-20(19(14-18)22-25)24-12-10-23(11-13-24)16-17-6-4-3-5-7-17/h3-9,14,21H,2,10-13,15-16H2,1H3. The smallest absolute Gasteiger partial charge is 0.131 e. The van der Waals surface area contributed by atoms with E-state index in [1.54, 1.807) is 0 Å². The van der Waals surface area contributed by atoms with Crippen LogP contribution in [0.2, 0.25) is 0 Å². The van der Waals surface area contributed by atoms with Crippen LogP contribution in [0.5, 0.6) is 0 Å². The first-order valence-corrected chi connectivity index (χ1v) is 8.98. The van der Waals surface area contributed by atoms with Crippen molar-refractivity contribution >= 4 is 11.4 Å². The largest absolute Gasteiger partial charge is 0.367 e. The topological polar surface area (TPSA) is 47.9 Å². The Morgan fingerprint density at radius 3 is 2.44 bits per heavy atom. The van der Waals surface area contributed by atoms with E-state index in [1.807, 2.05) is 12.1 Å². The van der Waals surface area contributed by atoms with Gasteiger partial charge in [0.05, 0.1) is 5.69 Å². The van der Waals surface area contributed by atoms with Gasteiger partial charge in [-0.1, -0.05) is 43.3 Å². The van der Waals surface area contributed by atoms with E-state index in [2.05, 4.69) is 63.6 Å². The lowest BCUT2D eigenvalue weighted by molar-refractivity contribution is 0.250. The highest BCUT2D eigenvalue weighted by atomic mass is 16.3. The lowest BCUT2D eigenvalue weighted by atomic mass is 10.1. The second kappa shape index (κ2) is 8.74. The molecule has 1 N–H and O–H groups in total. The van der Waals surface area contributed by atoms with Crippen LogP contribution in [0.1, 0.15) is 18.1 Å². The van der Waals surface area contributed by atoms with Crippen molar-refractivity contribution in [2.24, 2.45) is 5.18 Å². The molecule has 5 nitrogen and oxygen atoms in total. The van der Waals surface area contributed by atoms with Gasteiger partial charge in [0.15, 0.2) is 0 Å². The molecule has 1 heterocycles. The van der Waals surface area contributed by atoms with Crippen molar-refractivity contribution in [1.29, 1.82) is 0 Å². The molecule has 0 radical (unpaired) electrons. The minimum Gasteiger partial charge on any atom is -0.367 e. The molecule has 132 valence electrons. The highest BCUT2D eigenvalue weighted by molar-refractivity contribution is 5.68. The molecule has 1 fully saturated rings. The van der Waals surface area contributed by atoms with E-state index in [9.17, 15) is 4.91 Å². The first kappa shape index (κ1) is 17.6. The van der Waals surface area contributed by atoms with Crippen molar-refractivity contribution in [3.05, 3.63) is 64.6 Å². The summed E-state index contributed by atoms with van der Waals surface area (Å²) in [6, 6.07) is 16.6. The molecular formula is C20H26N4O. The van der Waals surface area contributed by atoms with E-state index in [-0.39, 0.29) is 0 Å². The number of rotatable bonds is 7. The molecule has 0 aromatic heterocycles. The highest BCUT2D eigenvalue weighted by Crippen LogP contribution is 2.30. The van der Waals surface area contributed by atoms with Crippen molar-refractivity contribution in [1.82, 2.24) is 10.2 Å². The van der Waals surface area contributed by atoms with Gasteiger partial charge < -0.3 is 10.2 Å². The van der Waals surface area contributed by atoms with Gasteiger partial charge in [0, 0.05) is 39.3 Å². The molecule has 1 aliphatic rings. The van der Waals surface area contributed by atoms with Crippen LogP contribution in [0.15, 0.2) is 53.7 Å². The third kappa shape index (κ3) is 4.65. The molecule has 0 atom stereocenters. The number of anilines is 1. The van der Waals surface area contributed by atoms with Crippen LogP contribution in [0.3, 0.4) is 0 Å². The zero-order valence-corrected chi connectivity index (χ0v) is 14.8. The normalized spacial score (nSPS) is 15.3. The van der Waals surface area contributed by atoms with Crippen LogP contribution < -0.4 is 10.2 Å². The van der Waals surface area contributed by atoms with E-state index in [0.717, 1.165) is 57.1 Å². The molecule has 0 spiro atoms. The molecule has 0 saturated carbocycles. The molecule has 2 aromatic rings. The summed E-state index contributed by atoms with van der Waals surface area (Å²) in [6.45, 7) is 8.55. The summed E-state index contributed by atoms with van der Waals surface area (Å²) >= 11 is 0. The quantitative estimate of drug-likeness (QED) is 0.785. The van der Waals surface area contributed by atoms with Gasteiger partial charge in [-0.2, -0.15) is 0 Å². The van der Waals surface area contributed by atoms with Gasteiger partial charge in [-0.05, 0) is 35.0 Å². The molecule has 0 aliphatic carbocycles. The minimum atomic E-state index is 0.548. The number of nitrogens with zero attached hydrogens (tertiary/aromatic N) is 3. The molecular weight excluding hydrogens is 312 g/mol. The number of nitroso groups, excluding NO2 is 1. The van der Waals surface area contributed by atoms with Crippen LogP contribution in [0.4, 0.5) is 11.4 Å². The van der Waals surface area contributed by atoms with Crippen LogP contribution >= 0.6 is 0 Å². The van der Waals surface area contributed by atoms with Crippen molar-refractivity contribution in [3.63, 3.8) is 0 Å². The monoisotopic (exact) mass is 338 g/mol. The number of hydrogen-bond donors (Lipinski definition) is 1. The molecule has 0 bridgehead atoms. The van der Waals surface area contributed by atoms with Crippen LogP contribution in [0, 0.1) is 4.91 Å². The number of benzene rings is 2. The van der Waals surface area contributed by atoms with Gasteiger partial charge >= 0.3 is 0 Å². The van der Waals surface area contributed by atoms with Crippen molar-refractivity contribution < 1.29 is 0 Å². The molecule has 3 rings (SSSR count). The first-order valence-electron chi connectivity index (χ1n) is 8.98. The maximum Gasteiger partial charge on any atom is 0.131 e. The zero-order chi connectivity index (χ0) is 17.5. The predicted molar refractivity (Wildman–Crippen MR) is 103 cm³/mol. The van der Waals surface area contributed by atoms with Gasteiger partial charge in [-0.25, -0.2) is 0 Å². The molecule has 1 aliphatic heterocycles. The predicted octanol–water partition coefficient (Wildman–Crippen LogP) is 3.52. The van der Waals surface area contributed by atoms with E-state index in [4.69, 9.17) is 0 Å². The maximum absolute atomic E-state index is 11.3. The Kier molecular flexibility index (Phi) is 6.14. The van der Waals surface area contributed by atoms with Gasteiger partial charge in [0.25, 0.3) is 0 Å². The van der Waals surface area contributed by atoms with Crippen LogP contribution in [-0.4, -0.2) is 37.6 Å². The SMILES string of the molecule is CCNCc1ccc(N2CCN(Cc3ccccc3)CC2)c(N=O)c1. The van der Waals surface area contributed by atoms with E-state index in [0.29, 0.717) is 5.69 Å². The van der Waals surface area contributed by atoms with Crippen molar-refractivity contribution in [2.75, 3.05) is 37.6 Å². The Hall–Kier alpha value is -2.24. The lowest BCUT2D eigenvalue weighted by Crippen LogP contribution is -2.46. The van der Waals surface area contributed by atoms with Crippen LogP contribution in [-0.2, 0) is 13.1 Å². The van der Waals surface area contributed by atoms with Gasteiger partial charge in [-0.15, -0.1) is 4.91 Å². The molecule has 2 aromatic carbocycles. The maximum atomic E-state index is 11.3. The number of nitrogens with one attached hydrogen (secondary N) is 1. The molecule has 5 heteroatoms. The van der Waals surface area contributed by atoms with Gasteiger partial charge in [0.1, 0.15) is 5.69 Å². The lowest BCUT2D eigenvalue weighted by Gasteiger charge is -2.36. The molecule has 1 saturated heterocycles. The summed E-state index contributed by atoms with van der Waals surface area (Å²) < 4.78 is 0. The first-order chi connectivity index (χ1) is 12.3. The van der Waals surface area contributed by atoms with E-state index < -0.39 is 0 Å². The van der Waals surface area contributed by atoms with Gasteiger partial charge in [0.2, 0.25) is 0 Å².